The third-order valence-electron chi connectivity index (χ3n) is 3.07. The monoisotopic (exact) mass is 376 g/mol. The van der Waals surface area contributed by atoms with Gasteiger partial charge in [0.25, 0.3) is 0 Å². The van der Waals surface area contributed by atoms with Crippen LogP contribution in [0.1, 0.15) is 6.42 Å². The molecule has 1 atom stereocenters. The van der Waals surface area contributed by atoms with Gasteiger partial charge in [-0.05, 0) is 18.2 Å². The van der Waals surface area contributed by atoms with Gasteiger partial charge in [0.15, 0.2) is 0 Å². The van der Waals surface area contributed by atoms with Crippen molar-refractivity contribution in [1.82, 2.24) is 4.90 Å². The van der Waals surface area contributed by atoms with Crippen molar-refractivity contribution in [2.24, 2.45) is 0 Å². The summed E-state index contributed by atoms with van der Waals surface area (Å²) in [4.78, 5) is 24.5. The number of hydrogen-bond acceptors (Lipinski definition) is 3. The number of amides is 2. The molecule has 0 saturated carbocycles. The van der Waals surface area contributed by atoms with Crippen LogP contribution in [0.4, 0.5) is 14.9 Å². The maximum absolute atomic E-state index is 13.7. The molecular formula is C13H14BrFN2O3S. The predicted octanol–water partition coefficient (Wildman–Crippen LogP) is 3.01. The molecule has 2 rings (SSSR count). The Labute approximate surface area is 134 Å². The first kappa shape index (κ1) is 16.1. The van der Waals surface area contributed by atoms with E-state index >= 15 is 0 Å². The SMILES string of the molecule is O=C(O)CC1CSCCN1C(=O)Nc1ccc(Br)cc1F. The van der Waals surface area contributed by atoms with E-state index in [-0.39, 0.29) is 18.2 Å². The summed E-state index contributed by atoms with van der Waals surface area (Å²) in [6, 6.07) is 3.50. The van der Waals surface area contributed by atoms with E-state index in [1.165, 1.54) is 17.0 Å². The molecule has 1 aromatic rings. The van der Waals surface area contributed by atoms with Crippen molar-refractivity contribution in [2.45, 2.75) is 12.5 Å². The minimum Gasteiger partial charge on any atom is -0.481 e. The van der Waals surface area contributed by atoms with E-state index in [2.05, 4.69) is 21.2 Å². The Hall–Kier alpha value is -1.28. The number of nitrogens with zero attached hydrogens (tertiary/aromatic N) is 1. The second-order valence-corrected chi connectivity index (χ2v) is 6.64. The number of carbonyl (C=O) groups is 2. The van der Waals surface area contributed by atoms with Crippen LogP contribution >= 0.6 is 27.7 Å². The van der Waals surface area contributed by atoms with E-state index in [0.29, 0.717) is 16.8 Å². The maximum atomic E-state index is 13.7. The van der Waals surface area contributed by atoms with Crippen molar-refractivity contribution in [1.29, 1.82) is 0 Å². The third kappa shape index (κ3) is 4.34. The van der Waals surface area contributed by atoms with Crippen LogP contribution in [0.25, 0.3) is 0 Å². The summed E-state index contributed by atoms with van der Waals surface area (Å²) in [6.07, 6.45) is -0.108. The minimum absolute atomic E-state index is 0.0792. The summed E-state index contributed by atoms with van der Waals surface area (Å²) in [5.41, 5.74) is 0.0792. The third-order valence-corrected chi connectivity index (χ3v) is 4.66. The average molecular weight is 377 g/mol. The van der Waals surface area contributed by atoms with Crippen molar-refractivity contribution in [3.8, 4) is 0 Å². The first-order valence-corrected chi connectivity index (χ1v) is 8.24. The number of halogens is 2. The van der Waals surface area contributed by atoms with Crippen LogP contribution in [0, 0.1) is 5.82 Å². The van der Waals surface area contributed by atoms with E-state index in [4.69, 9.17) is 5.11 Å². The number of aliphatic carboxylic acids is 1. The fourth-order valence-electron chi connectivity index (χ4n) is 2.07. The molecule has 0 aromatic heterocycles. The molecule has 0 spiro atoms. The number of rotatable bonds is 3. The molecule has 114 valence electrons. The highest BCUT2D eigenvalue weighted by molar-refractivity contribution is 9.10. The van der Waals surface area contributed by atoms with Crippen molar-refractivity contribution >= 4 is 45.4 Å². The van der Waals surface area contributed by atoms with Gasteiger partial charge in [0.1, 0.15) is 5.82 Å². The quantitative estimate of drug-likeness (QED) is 0.850. The molecule has 8 heteroatoms. The highest BCUT2D eigenvalue weighted by Gasteiger charge is 2.29. The lowest BCUT2D eigenvalue weighted by molar-refractivity contribution is -0.137. The number of benzene rings is 1. The standard InChI is InChI=1S/C13H14BrFN2O3S/c14-8-1-2-11(10(15)5-8)16-13(20)17-3-4-21-7-9(17)6-12(18)19/h1-2,5,9H,3-4,6-7H2,(H,16,20)(H,18,19). The molecule has 1 fully saturated rings. The topological polar surface area (TPSA) is 69.6 Å². The molecule has 0 bridgehead atoms. The molecule has 21 heavy (non-hydrogen) atoms. The van der Waals surface area contributed by atoms with Gasteiger partial charge in [-0.1, -0.05) is 15.9 Å². The van der Waals surface area contributed by atoms with Crippen LogP contribution in [0.15, 0.2) is 22.7 Å². The number of carboxylic acid groups (broad SMARTS) is 1. The second-order valence-electron chi connectivity index (χ2n) is 4.57. The summed E-state index contributed by atoms with van der Waals surface area (Å²) in [7, 11) is 0. The van der Waals surface area contributed by atoms with Crippen molar-refractivity contribution < 1.29 is 19.1 Å². The predicted molar refractivity (Wildman–Crippen MR) is 83.2 cm³/mol. The first-order valence-electron chi connectivity index (χ1n) is 6.29. The zero-order chi connectivity index (χ0) is 15.4. The molecule has 0 aliphatic carbocycles. The van der Waals surface area contributed by atoms with E-state index in [9.17, 15) is 14.0 Å². The van der Waals surface area contributed by atoms with Crippen LogP contribution < -0.4 is 5.32 Å². The van der Waals surface area contributed by atoms with Gasteiger partial charge in [0, 0.05) is 22.5 Å². The Morgan fingerprint density at radius 1 is 1.52 bits per heavy atom. The molecule has 1 heterocycles. The maximum Gasteiger partial charge on any atom is 0.322 e. The van der Waals surface area contributed by atoms with Crippen LogP contribution in [0.2, 0.25) is 0 Å². The second kappa shape index (κ2) is 7.13. The molecule has 2 N–H and O–H groups in total. The minimum atomic E-state index is -0.949. The van der Waals surface area contributed by atoms with Crippen LogP contribution in [-0.2, 0) is 4.79 Å². The van der Waals surface area contributed by atoms with E-state index in [1.54, 1.807) is 17.8 Å². The summed E-state index contributed by atoms with van der Waals surface area (Å²) >= 11 is 4.76. The zero-order valence-corrected chi connectivity index (χ0v) is 13.4. The Morgan fingerprint density at radius 2 is 2.29 bits per heavy atom. The fourth-order valence-corrected chi connectivity index (χ4v) is 3.47. The Kier molecular flexibility index (Phi) is 5.46. The molecule has 5 nitrogen and oxygen atoms in total. The van der Waals surface area contributed by atoms with Crippen LogP contribution in [0.5, 0.6) is 0 Å². The number of carbonyl (C=O) groups excluding carboxylic acids is 1. The van der Waals surface area contributed by atoms with Gasteiger partial charge in [-0.3, -0.25) is 4.79 Å². The first-order chi connectivity index (χ1) is 9.97. The average Bonchev–Trinajstić information content (AvgIpc) is 2.42. The lowest BCUT2D eigenvalue weighted by Crippen LogP contribution is -2.49. The Balaban J connectivity index is 2.08. The number of anilines is 1. The number of urea groups is 1. The van der Waals surface area contributed by atoms with Crippen molar-refractivity contribution in [3.05, 3.63) is 28.5 Å². The molecule has 1 aliphatic rings. The fraction of sp³-hybridized carbons (Fsp3) is 0.385. The van der Waals surface area contributed by atoms with Gasteiger partial charge in [0.2, 0.25) is 0 Å². The lowest BCUT2D eigenvalue weighted by atomic mass is 10.2. The summed E-state index contributed by atoms with van der Waals surface area (Å²) < 4.78 is 14.3. The molecular weight excluding hydrogens is 363 g/mol. The highest BCUT2D eigenvalue weighted by Crippen LogP contribution is 2.23. The Bertz CT molecular complexity index is 558. The number of nitrogens with one attached hydrogen (secondary N) is 1. The van der Waals surface area contributed by atoms with Crippen molar-refractivity contribution in [2.75, 3.05) is 23.4 Å². The summed E-state index contributed by atoms with van der Waals surface area (Å²) in [5, 5.41) is 11.4. The van der Waals surface area contributed by atoms with Crippen molar-refractivity contribution in [3.63, 3.8) is 0 Å². The van der Waals surface area contributed by atoms with E-state index in [1.807, 2.05) is 0 Å². The Morgan fingerprint density at radius 3 is 2.95 bits per heavy atom. The number of carboxylic acids is 1. The molecule has 1 saturated heterocycles. The lowest BCUT2D eigenvalue weighted by Gasteiger charge is -2.34. The number of hydrogen-bond donors (Lipinski definition) is 2. The highest BCUT2D eigenvalue weighted by atomic mass is 79.9. The molecule has 1 unspecified atom stereocenters. The summed E-state index contributed by atoms with van der Waals surface area (Å²) in [6.45, 7) is 0.451. The van der Waals surface area contributed by atoms with Gasteiger partial charge in [0.05, 0.1) is 18.2 Å². The van der Waals surface area contributed by atoms with E-state index in [0.717, 1.165) is 5.75 Å². The molecule has 0 radical (unpaired) electrons. The normalized spacial score (nSPS) is 18.4. The molecule has 1 aliphatic heterocycles. The van der Waals surface area contributed by atoms with E-state index < -0.39 is 17.8 Å². The zero-order valence-electron chi connectivity index (χ0n) is 11.0. The largest absolute Gasteiger partial charge is 0.481 e. The van der Waals surface area contributed by atoms with Gasteiger partial charge in [-0.25, -0.2) is 9.18 Å². The smallest absolute Gasteiger partial charge is 0.322 e. The van der Waals surface area contributed by atoms with Gasteiger partial charge >= 0.3 is 12.0 Å². The molecule has 1 aromatic carbocycles. The van der Waals surface area contributed by atoms with Gasteiger partial charge < -0.3 is 15.3 Å². The van der Waals surface area contributed by atoms with Gasteiger partial charge in [-0.15, -0.1) is 0 Å². The molecule has 2 amide bonds. The summed E-state index contributed by atoms with van der Waals surface area (Å²) in [5.74, 6) is -0.177. The van der Waals surface area contributed by atoms with Crippen LogP contribution in [0.3, 0.4) is 0 Å². The number of thioether (sulfide) groups is 1. The van der Waals surface area contributed by atoms with Crippen LogP contribution in [-0.4, -0.2) is 46.1 Å². The van der Waals surface area contributed by atoms with Gasteiger partial charge in [-0.2, -0.15) is 11.8 Å².